The second-order valence-electron chi connectivity index (χ2n) is 5.61. The van der Waals surface area contributed by atoms with Crippen molar-refractivity contribution in [3.8, 4) is 11.4 Å². The number of aromatic nitrogens is 3. The van der Waals surface area contributed by atoms with E-state index in [0.29, 0.717) is 5.92 Å². The summed E-state index contributed by atoms with van der Waals surface area (Å²) in [5.74, 6) is 2.59. The minimum atomic E-state index is 0.705. The first kappa shape index (κ1) is 15.7. The lowest BCUT2D eigenvalue weighted by molar-refractivity contribution is 0.414. The summed E-state index contributed by atoms with van der Waals surface area (Å²) in [5, 5.41) is 4.53. The van der Waals surface area contributed by atoms with Gasteiger partial charge in [0.05, 0.1) is 0 Å². The normalized spacial score (nSPS) is 12.5. The largest absolute Gasteiger partial charge is 0.330 e. The van der Waals surface area contributed by atoms with E-state index in [9.17, 15) is 0 Å². The summed E-state index contributed by atoms with van der Waals surface area (Å²) in [6.07, 6.45) is 5.70. The third-order valence-electron chi connectivity index (χ3n) is 3.93. The van der Waals surface area contributed by atoms with Gasteiger partial charge in [0.15, 0.2) is 5.82 Å². The third-order valence-corrected chi connectivity index (χ3v) is 3.93. The summed E-state index contributed by atoms with van der Waals surface area (Å²) in [6.45, 7) is 3.01. The van der Waals surface area contributed by atoms with Crippen molar-refractivity contribution in [2.45, 2.75) is 39.0 Å². The van der Waals surface area contributed by atoms with Gasteiger partial charge in [-0.1, -0.05) is 50.1 Å². The highest BCUT2D eigenvalue weighted by Crippen LogP contribution is 2.19. The van der Waals surface area contributed by atoms with Crippen LogP contribution in [0.1, 0.15) is 38.4 Å². The van der Waals surface area contributed by atoms with Crippen molar-refractivity contribution >= 4 is 0 Å². The molecule has 0 aliphatic rings. The molecule has 2 rings (SSSR count). The maximum absolute atomic E-state index is 5.71. The molecular weight excluding hydrogens is 260 g/mol. The molecule has 1 aromatic carbocycles. The molecule has 0 saturated carbocycles. The van der Waals surface area contributed by atoms with Crippen LogP contribution in [0.3, 0.4) is 0 Å². The summed E-state index contributed by atoms with van der Waals surface area (Å²) in [7, 11) is 1.98. The molecule has 2 N–H and O–H groups in total. The van der Waals surface area contributed by atoms with Crippen LogP contribution in [0.15, 0.2) is 30.3 Å². The molecule has 0 radical (unpaired) electrons. The van der Waals surface area contributed by atoms with E-state index in [1.165, 1.54) is 12.8 Å². The Morgan fingerprint density at radius 3 is 2.57 bits per heavy atom. The molecule has 0 bridgehead atoms. The molecule has 21 heavy (non-hydrogen) atoms. The molecule has 1 unspecified atom stereocenters. The maximum Gasteiger partial charge on any atom is 0.181 e. The van der Waals surface area contributed by atoms with Crippen LogP contribution >= 0.6 is 0 Å². The predicted molar refractivity (Wildman–Crippen MR) is 86.8 cm³/mol. The summed E-state index contributed by atoms with van der Waals surface area (Å²) in [6, 6.07) is 10.1. The van der Waals surface area contributed by atoms with Crippen LogP contribution in [0, 0.1) is 5.92 Å². The minimum Gasteiger partial charge on any atom is -0.330 e. The first-order valence-electron chi connectivity index (χ1n) is 7.90. The highest BCUT2D eigenvalue weighted by Gasteiger charge is 2.12. The van der Waals surface area contributed by atoms with E-state index in [1.54, 1.807) is 0 Å². The number of benzene rings is 1. The van der Waals surface area contributed by atoms with Gasteiger partial charge in [-0.25, -0.2) is 4.98 Å². The zero-order valence-corrected chi connectivity index (χ0v) is 13.1. The third kappa shape index (κ3) is 4.39. The number of nitrogens with two attached hydrogens (primary N) is 1. The van der Waals surface area contributed by atoms with Gasteiger partial charge in [0.2, 0.25) is 0 Å². The van der Waals surface area contributed by atoms with E-state index < -0.39 is 0 Å². The summed E-state index contributed by atoms with van der Waals surface area (Å²) in [5.41, 5.74) is 6.78. The number of hydrogen-bond acceptors (Lipinski definition) is 3. The number of hydrogen-bond donors (Lipinski definition) is 1. The molecule has 0 saturated heterocycles. The molecule has 1 heterocycles. The van der Waals surface area contributed by atoms with E-state index in [4.69, 9.17) is 10.7 Å². The Kier molecular flexibility index (Phi) is 5.93. The Morgan fingerprint density at radius 1 is 1.14 bits per heavy atom. The average Bonchev–Trinajstić information content (AvgIpc) is 2.87. The van der Waals surface area contributed by atoms with Gasteiger partial charge in [-0.3, -0.25) is 4.68 Å². The first-order chi connectivity index (χ1) is 10.2. The molecule has 0 amide bonds. The summed E-state index contributed by atoms with van der Waals surface area (Å²) < 4.78 is 1.91. The van der Waals surface area contributed by atoms with Gasteiger partial charge >= 0.3 is 0 Å². The maximum atomic E-state index is 5.71. The fraction of sp³-hybridized carbons (Fsp3) is 0.529. The lowest BCUT2D eigenvalue weighted by atomic mass is 9.94. The zero-order chi connectivity index (χ0) is 15.1. The Bertz CT molecular complexity index is 527. The standard InChI is InChI=1S/C17H26N4/c1-3-7-14(12-13-18)10-11-16-19-17(20-21(16)2)15-8-5-4-6-9-15/h4-6,8-9,14H,3,7,10-13,18H2,1-2H3. The number of nitrogens with zero attached hydrogens (tertiary/aromatic N) is 3. The molecule has 2 aromatic rings. The molecule has 4 nitrogen and oxygen atoms in total. The molecule has 0 aliphatic carbocycles. The van der Waals surface area contributed by atoms with Crippen molar-refractivity contribution < 1.29 is 0 Å². The van der Waals surface area contributed by atoms with Crippen LogP contribution in [-0.2, 0) is 13.5 Å². The van der Waals surface area contributed by atoms with Crippen LogP contribution in [0.5, 0.6) is 0 Å². The smallest absolute Gasteiger partial charge is 0.181 e. The van der Waals surface area contributed by atoms with Crippen LogP contribution < -0.4 is 5.73 Å². The minimum absolute atomic E-state index is 0.705. The van der Waals surface area contributed by atoms with Crippen LogP contribution in [0.25, 0.3) is 11.4 Å². The van der Waals surface area contributed by atoms with Crippen molar-refractivity contribution in [3.63, 3.8) is 0 Å². The highest BCUT2D eigenvalue weighted by molar-refractivity contribution is 5.53. The van der Waals surface area contributed by atoms with Crippen molar-refractivity contribution in [1.82, 2.24) is 14.8 Å². The van der Waals surface area contributed by atoms with Gasteiger partial charge in [0, 0.05) is 19.0 Å². The molecule has 0 aliphatic heterocycles. The van der Waals surface area contributed by atoms with E-state index in [0.717, 1.165) is 43.0 Å². The van der Waals surface area contributed by atoms with Crippen molar-refractivity contribution in [3.05, 3.63) is 36.2 Å². The predicted octanol–water partition coefficient (Wildman–Crippen LogP) is 3.18. The molecule has 1 aromatic heterocycles. The Balaban J connectivity index is 2.02. The number of rotatable bonds is 8. The zero-order valence-electron chi connectivity index (χ0n) is 13.1. The monoisotopic (exact) mass is 286 g/mol. The summed E-state index contributed by atoms with van der Waals surface area (Å²) in [4.78, 5) is 4.69. The highest BCUT2D eigenvalue weighted by atomic mass is 15.3. The topological polar surface area (TPSA) is 56.7 Å². The van der Waals surface area contributed by atoms with Crippen molar-refractivity contribution in [1.29, 1.82) is 0 Å². The van der Waals surface area contributed by atoms with Gasteiger partial charge in [0.1, 0.15) is 5.82 Å². The fourth-order valence-electron chi connectivity index (χ4n) is 2.75. The Hall–Kier alpha value is -1.68. The second kappa shape index (κ2) is 7.93. The molecule has 0 spiro atoms. The lowest BCUT2D eigenvalue weighted by Gasteiger charge is -2.14. The van der Waals surface area contributed by atoms with E-state index in [2.05, 4.69) is 12.0 Å². The average molecular weight is 286 g/mol. The van der Waals surface area contributed by atoms with E-state index in [-0.39, 0.29) is 0 Å². The quantitative estimate of drug-likeness (QED) is 0.811. The van der Waals surface area contributed by atoms with Crippen LogP contribution in [0.2, 0.25) is 0 Å². The van der Waals surface area contributed by atoms with Crippen molar-refractivity contribution in [2.75, 3.05) is 6.54 Å². The molecule has 4 heteroatoms. The molecule has 1 atom stereocenters. The van der Waals surface area contributed by atoms with Gasteiger partial charge in [-0.15, -0.1) is 0 Å². The molecule has 114 valence electrons. The molecule has 0 fully saturated rings. The van der Waals surface area contributed by atoms with Gasteiger partial charge in [-0.2, -0.15) is 5.10 Å². The van der Waals surface area contributed by atoms with Gasteiger partial charge < -0.3 is 5.73 Å². The lowest BCUT2D eigenvalue weighted by Crippen LogP contribution is -2.11. The SMILES string of the molecule is CCCC(CCN)CCc1nc(-c2ccccc2)nn1C. The van der Waals surface area contributed by atoms with E-state index >= 15 is 0 Å². The molecular formula is C17H26N4. The van der Waals surface area contributed by atoms with Crippen LogP contribution in [0.4, 0.5) is 0 Å². The Labute approximate surface area is 127 Å². The van der Waals surface area contributed by atoms with E-state index in [1.807, 2.05) is 42.1 Å². The number of aryl methyl sites for hydroxylation is 2. The van der Waals surface area contributed by atoms with Crippen LogP contribution in [-0.4, -0.2) is 21.3 Å². The van der Waals surface area contributed by atoms with Crippen molar-refractivity contribution in [2.24, 2.45) is 18.7 Å². The Morgan fingerprint density at radius 2 is 1.90 bits per heavy atom. The fourth-order valence-corrected chi connectivity index (χ4v) is 2.75. The van der Waals surface area contributed by atoms with Gasteiger partial charge in [0.25, 0.3) is 0 Å². The second-order valence-corrected chi connectivity index (χ2v) is 5.61. The first-order valence-corrected chi connectivity index (χ1v) is 7.90. The summed E-state index contributed by atoms with van der Waals surface area (Å²) >= 11 is 0. The van der Waals surface area contributed by atoms with Gasteiger partial charge in [-0.05, 0) is 25.3 Å².